The zero-order valence-electron chi connectivity index (χ0n) is 20.1. The van der Waals surface area contributed by atoms with Gasteiger partial charge in [-0.25, -0.2) is 0 Å². The van der Waals surface area contributed by atoms with Gasteiger partial charge in [-0.15, -0.1) is 0 Å². The minimum Gasteiger partial charge on any atom is -0.368 e. The van der Waals surface area contributed by atoms with Gasteiger partial charge in [0.05, 0.1) is 10.5 Å². The van der Waals surface area contributed by atoms with Gasteiger partial charge < -0.3 is 26.3 Å². The van der Waals surface area contributed by atoms with Crippen molar-refractivity contribution in [1.82, 2.24) is 20.5 Å². The average molecular weight is 514 g/mol. The first-order valence-electron chi connectivity index (χ1n) is 12.8. The van der Waals surface area contributed by atoms with Gasteiger partial charge in [0.15, 0.2) is 0 Å². The molecule has 0 bridgehead atoms. The number of aromatic nitrogens is 1. The second-order valence-electron chi connectivity index (χ2n) is 10.3. The lowest BCUT2D eigenvalue weighted by molar-refractivity contribution is -0.133. The number of benzene rings is 1. The van der Waals surface area contributed by atoms with Crippen molar-refractivity contribution in [2.75, 3.05) is 13.1 Å². The van der Waals surface area contributed by atoms with Gasteiger partial charge in [0.1, 0.15) is 17.8 Å². The monoisotopic (exact) mass is 513 g/mol. The Morgan fingerprint density at radius 3 is 2.72 bits per heavy atom. The average Bonchev–Trinajstić information content (AvgIpc) is 3.47. The summed E-state index contributed by atoms with van der Waals surface area (Å²) in [6.07, 6.45) is 5.49. The number of primary amides is 1. The molecule has 0 spiro atoms. The minimum absolute atomic E-state index is 0.0159. The number of para-hydroxylation sites is 1. The second kappa shape index (κ2) is 10.1. The Hall–Kier alpha value is -3.07. The van der Waals surface area contributed by atoms with E-state index in [2.05, 4.69) is 15.6 Å². The van der Waals surface area contributed by atoms with Gasteiger partial charge in [0.25, 0.3) is 5.91 Å². The predicted molar refractivity (Wildman–Crippen MR) is 135 cm³/mol. The van der Waals surface area contributed by atoms with Crippen LogP contribution in [0.3, 0.4) is 0 Å². The third-order valence-electron chi connectivity index (χ3n) is 8.09. The number of nitrogens with two attached hydrogens (primary N) is 1. The fourth-order valence-electron chi connectivity index (χ4n) is 6.26. The van der Waals surface area contributed by atoms with E-state index < -0.39 is 18.0 Å². The summed E-state index contributed by atoms with van der Waals surface area (Å²) < 4.78 is 0. The van der Waals surface area contributed by atoms with E-state index in [4.69, 9.17) is 17.3 Å². The lowest BCUT2D eigenvalue weighted by Crippen LogP contribution is -2.55. The van der Waals surface area contributed by atoms with Crippen LogP contribution in [-0.4, -0.2) is 58.7 Å². The van der Waals surface area contributed by atoms with E-state index in [1.165, 1.54) is 0 Å². The molecule has 5 rings (SSSR count). The van der Waals surface area contributed by atoms with Crippen LogP contribution in [0.25, 0.3) is 10.9 Å². The first-order chi connectivity index (χ1) is 17.3. The van der Waals surface area contributed by atoms with Crippen LogP contribution in [0.4, 0.5) is 0 Å². The van der Waals surface area contributed by atoms with E-state index in [1.54, 1.807) is 17.0 Å². The second-order valence-corrected chi connectivity index (χ2v) is 10.7. The lowest BCUT2D eigenvalue weighted by Gasteiger charge is -2.31. The molecule has 5 atom stereocenters. The largest absolute Gasteiger partial charge is 0.368 e. The van der Waals surface area contributed by atoms with Crippen molar-refractivity contribution in [3.63, 3.8) is 0 Å². The zero-order chi connectivity index (χ0) is 25.4. The summed E-state index contributed by atoms with van der Waals surface area (Å²) in [6.45, 7) is 1.10. The summed E-state index contributed by atoms with van der Waals surface area (Å²) in [5.74, 6) is -1.58. The summed E-state index contributed by atoms with van der Waals surface area (Å²) in [5.41, 5.74) is 6.69. The van der Waals surface area contributed by atoms with Crippen LogP contribution in [0.1, 0.15) is 55.4 Å². The summed E-state index contributed by atoms with van der Waals surface area (Å²) in [6, 6.07) is 5.54. The predicted octanol–water partition coefficient (Wildman–Crippen LogP) is 2.34. The van der Waals surface area contributed by atoms with Crippen LogP contribution in [0.5, 0.6) is 0 Å². The first kappa shape index (κ1) is 24.6. The molecular formula is C26H32ClN5O4. The molecule has 2 aliphatic heterocycles. The molecule has 9 nitrogen and oxygen atoms in total. The Labute approximate surface area is 214 Å². The van der Waals surface area contributed by atoms with Gasteiger partial charge in [-0.1, -0.05) is 36.6 Å². The van der Waals surface area contributed by atoms with Gasteiger partial charge in [-0.05, 0) is 56.1 Å². The molecule has 36 heavy (non-hydrogen) atoms. The number of carbonyl (C=O) groups excluding carboxylic acids is 4. The summed E-state index contributed by atoms with van der Waals surface area (Å²) in [4.78, 5) is 56.6. The van der Waals surface area contributed by atoms with Crippen molar-refractivity contribution in [2.24, 2.45) is 23.5 Å². The molecular weight excluding hydrogens is 482 g/mol. The molecule has 3 heterocycles. The Bertz CT molecular complexity index is 1200. The molecule has 3 fully saturated rings. The number of halogens is 1. The van der Waals surface area contributed by atoms with Gasteiger partial charge in [0, 0.05) is 24.4 Å². The minimum atomic E-state index is -0.974. The Kier molecular flexibility index (Phi) is 6.92. The van der Waals surface area contributed by atoms with Gasteiger partial charge >= 0.3 is 0 Å². The molecule has 3 aliphatic rings. The molecule has 0 radical (unpaired) electrons. The summed E-state index contributed by atoms with van der Waals surface area (Å²) in [5, 5.41) is 6.96. The molecule has 1 aromatic heterocycles. The molecule has 2 aromatic rings. The number of amides is 4. The zero-order valence-corrected chi connectivity index (χ0v) is 20.9. The maximum Gasteiger partial charge on any atom is 0.271 e. The third kappa shape index (κ3) is 4.68. The van der Waals surface area contributed by atoms with Crippen LogP contribution in [-0.2, 0) is 14.4 Å². The SMILES string of the molecule is NC(=O)[C@H](C[C@@H]1CCCNC1=O)NC(=O)[C@@H]1[C@H]2CCCC[C@H]2CN1C(=O)c1cc2cccc(Cl)c2[nH]1. The Balaban J connectivity index is 1.39. The standard InChI is InChI=1S/C26H32ClN5O4/c27-18-9-3-6-14-11-20(30-21(14)18)26(36)32-13-16-5-1-2-8-17(16)22(32)25(35)31-19(23(28)33)12-15-7-4-10-29-24(15)34/h3,6,9,11,15-17,19,22,30H,1-2,4-5,7-8,10,12-13H2,(H2,28,33)(H,29,34)(H,31,35)/t15-,16-,17-,19-,22-/m0/s1. The van der Waals surface area contributed by atoms with Crippen molar-refractivity contribution in [3.05, 3.63) is 35.0 Å². The van der Waals surface area contributed by atoms with Crippen molar-refractivity contribution < 1.29 is 19.2 Å². The van der Waals surface area contributed by atoms with Crippen LogP contribution in [0.2, 0.25) is 5.02 Å². The van der Waals surface area contributed by atoms with Gasteiger partial charge in [-0.3, -0.25) is 19.2 Å². The number of aromatic amines is 1. The number of hydrogen-bond acceptors (Lipinski definition) is 4. The molecule has 5 N–H and O–H groups in total. The fraction of sp³-hybridized carbons (Fsp3) is 0.538. The van der Waals surface area contributed by atoms with Crippen molar-refractivity contribution >= 4 is 46.1 Å². The molecule has 2 saturated heterocycles. The smallest absolute Gasteiger partial charge is 0.271 e. The third-order valence-corrected chi connectivity index (χ3v) is 8.40. The number of carbonyl (C=O) groups is 4. The van der Waals surface area contributed by atoms with Crippen molar-refractivity contribution in [2.45, 2.75) is 57.0 Å². The van der Waals surface area contributed by atoms with Crippen molar-refractivity contribution in [1.29, 1.82) is 0 Å². The van der Waals surface area contributed by atoms with E-state index in [0.717, 1.165) is 37.5 Å². The molecule has 1 aliphatic carbocycles. The van der Waals surface area contributed by atoms with E-state index in [0.29, 0.717) is 35.7 Å². The molecule has 192 valence electrons. The topological polar surface area (TPSA) is 137 Å². The summed E-state index contributed by atoms with van der Waals surface area (Å²) >= 11 is 6.30. The summed E-state index contributed by atoms with van der Waals surface area (Å²) in [7, 11) is 0. The normalized spacial score (nSPS) is 26.8. The van der Waals surface area contributed by atoms with Crippen LogP contribution in [0.15, 0.2) is 24.3 Å². The van der Waals surface area contributed by atoms with E-state index >= 15 is 0 Å². The number of nitrogens with one attached hydrogen (secondary N) is 3. The first-order valence-corrected chi connectivity index (χ1v) is 13.2. The number of nitrogens with zero attached hydrogens (tertiary/aromatic N) is 1. The number of rotatable bonds is 6. The van der Waals surface area contributed by atoms with E-state index in [-0.39, 0.29) is 41.9 Å². The highest BCUT2D eigenvalue weighted by molar-refractivity contribution is 6.35. The molecule has 1 aromatic carbocycles. The molecule has 10 heteroatoms. The Morgan fingerprint density at radius 1 is 1.17 bits per heavy atom. The van der Waals surface area contributed by atoms with Crippen LogP contribution >= 0.6 is 11.6 Å². The van der Waals surface area contributed by atoms with Gasteiger partial charge in [-0.2, -0.15) is 0 Å². The molecule has 0 unspecified atom stereocenters. The van der Waals surface area contributed by atoms with Crippen molar-refractivity contribution in [3.8, 4) is 0 Å². The van der Waals surface area contributed by atoms with E-state index in [1.807, 2.05) is 12.1 Å². The highest BCUT2D eigenvalue weighted by Gasteiger charge is 2.49. The molecule has 1 saturated carbocycles. The van der Waals surface area contributed by atoms with Crippen LogP contribution < -0.4 is 16.4 Å². The molecule has 4 amide bonds. The van der Waals surface area contributed by atoms with E-state index in [9.17, 15) is 19.2 Å². The highest BCUT2D eigenvalue weighted by Crippen LogP contribution is 2.41. The maximum atomic E-state index is 13.7. The number of likely N-dealkylation sites (tertiary alicyclic amines) is 1. The number of H-pyrrole nitrogens is 1. The lowest BCUT2D eigenvalue weighted by atomic mass is 9.78. The van der Waals surface area contributed by atoms with Gasteiger partial charge in [0.2, 0.25) is 17.7 Å². The number of piperidine rings is 1. The highest BCUT2D eigenvalue weighted by atomic mass is 35.5. The quantitative estimate of drug-likeness (QED) is 0.471. The maximum absolute atomic E-state index is 13.7. The number of fused-ring (bicyclic) bond motifs is 2. The Morgan fingerprint density at radius 2 is 1.97 bits per heavy atom. The fourth-order valence-corrected chi connectivity index (χ4v) is 6.49. The number of hydrogen-bond donors (Lipinski definition) is 4. The van der Waals surface area contributed by atoms with Crippen LogP contribution in [0, 0.1) is 17.8 Å².